The molecule has 0 aliphatic carbocycles. The van der Waals surface area contributed by atoms with Crippen LogP contribution in [0, 0.1) is 0 Å². The fourth-order valence-corrected chi connectivity index (χ4v) is 2.44. The van der Waals surface area contributed by atoms with Crippen molar-refractivity contribution in [2.75, 3.05) is 40.3 Å². The third kappa shape index (κ3) is 4.72. The molecule has 1 heterocycles. The molecule has 1 amide bonds. The summed E-state index contributed by atoms with van der Waals surface area (Å²) < 4.78 is 5.70. The second kappa shape index (κ2) is 7.43. The van der Waals surface area contributed by atoms with Crippen LogP contribution >= 0.6 is 0 Å². The molecule has 0 bridgehead atoms. The Balaban J connectivity index is 1.97. The van der Waals surface area contributed by atoms with Gasteiger partial charge in [0.2, 0.25) is 0 Å². The lowest BCUT2D eigenvalue weighted by molar-refractivity contribution is -0.130. The molecule has 0 spiro atoms. The second-order valence-electron chi connectivity index (χ2n) is 5.77. The third-order valence-electron chi connectivity index (χ3n) is 3.67. The van der Waals surface area contributed by atoms with Gasteiger partial charge in [-0.2, -0.15) is 0 Å². The number of carbonyl (C=O) groups excluding carboxylic acids is 1. The summed E-state index contributed by atoms with van der Waals surface area (Å²) in [5, 5.41) is 3.44. The van der Waals surface area contributed by atoms with E-state index < -0.39 is 0 Å². The van der Waals surface area contributed by atoms with E-state index in [9.17, 15) is 4.79 Å². The Labute approximate surface area is 126 Å². The number of nitrogens with one attached hydrogen (secondary N) is 1. The minimum atomic E-state index is -0.0272. The zero-order valence-electron chi connectivity index (χ0n) is 13.1. The van der Waals surface area contributed by atoms with Gasteiger partial charge in [0.05, 0.1) is 0 Å². The third-order valence-corrected chi connectivity index (χ3v) is 3.67. The predicted octanol–water partition coefficient (Wildman–Crippen LogP) is 0.947. The first-order chi connectivity index (χ1) is 10.1. The second-order valence-corrected chi connectivity index (χ2v) is 5.77. The number of likely N-dealkylation sites (N-methyl/N-ethyl adjacent to an activating group) is 1. The molecule has 1 atom stereocenters. The highest BCUT2D eigenvalue weighted by Gasteiger charge is 2.17. The van der Waals surface area contributed by atoms with Crippen molar-refractivity contribution in [2.24, 2.45) is 0 Å². The van der Waals surface area contributed by atoms with Crippen molar-refractivity contribution in [3.05, 3.63) is 29.8 Å². The lowest BCUT2D eigenvalue weighted by Gasteiger charge is -2.32. The molecule has 1 aliphatic heterocycles. The Hall–Kier alpha value is -1.59. The molecule has 116 valence electrons. The van der Waals surface area contributed by atoms with Crippen molar-refractivity contribution in [1.29, 1.82) is 0 Å². The van der Waals surface area contributed by atoms with E-state index in [1.807, 2.05) is 18.2 Å². The molecule has 0 aromatic heterocycles. The summed E-state index contributed by atoms with van der Waals surface area (Å²) in [6.45, 7) is 6.23. The van der Waals surface area contributed by atoms with Crippen molar-refractivity contribution in [2.45, 2.75) is 19.5 Å². The summed E-state index contributed by atoms with van der Waals surface area (Å²) in [7, 11) is 3.47. The Morgan fingerprint density at radius 1 is 1.43 bits per heavy atom. The molecule has 1 fully saturated rings. The number of carbonyl (C=O) groups is 1. The summed E-state index contributed by atoms with van der Waals surface area (Å²) in [5.74, 6) is 0.777. The number of piperazine rings is 1. The number of para-hydroxylation sites is 1. The topological polar surface area (TPSA) is 44.8 Å². The average Bonchev–Trinajstić information content (AvgIpc) is 2.46. The smallest absolute Gasteiger partial charge is 0.259 e. The Morgan fingerprint density at radius 3 is 2.90 bits per heavy atom. The van der Waals surface area contributed by atoms with Gasteiger partial charge >= 0.3 is 0 Å². The van der Waals surface area contributed by atoms with E-state index in [1.54, 1.807) is 19.0 Å². The molecule has 5 heteroatoms. The zero-order valence-corrected chi connectivity index (χ0v) is 13.1. The van der Waals surface area contributed by atoms with Crippen LogP contribution in [0.5, 0.6) is 5.75 Å². The average molecular weight is 291 g/mol. The van der Waals surface area contributed by atoms with E-state index in [0.29, 0.717) is 6.04 Å². The van der Waals surface area contributed by atoms with E-state index in [-0.39, 0.29) is 12.5 Å². The normalized spacial score (nSPS) is 19.3. The zero-order chi connectivity index (χ0) is 15.2. The van der Waals surface area contributed by atoms with E-state index in [0.717, 1.165) is 37.5 Å². The van der Waals surface area contributed by atoms with Crippen molar-refractivity contribution < 1.29 is 9.53 Å². The highest BCUT2D eigenvalue weighted by Crippen LogP contribution is 2.20. The summed E-state index contributed by atoms with van der Waals surface area (Å²) in [6.07, 6.45) is 0. The van der Waals surface area contributed by atoms with Crippen LogP contribution in [-0.4, -0.2) is 62.1 Å². The number of hydrogen-bond acceptors (Lipinski definition) is 4. The number of benzene rings is 1. The molecule has 1 saturated heterocycles. The van der Waals surface area contributed by atoms with Crippen molar-refractivity contribution in [3.8, 4) is 5.75 Å². The molecule has 21 heavy (non-hydrogen) atoms. The van der Waals surface area contributed by atoms with Crippen LogP contribution < -0.4 is 10.1 Å². The van der Waals surface area contributed by atoms with Gasteiger partial charge in [0, 0.05) is 51.9 Å². The summed E-state index contributed by atoms with van der Waals surface area (Å²) >= 11 is 0. The van der Waals surface area contributed by atoms with Gasteiger partial charge in [-0.25, -0.2) is 0 Å². The van der Waals surface area contributed by atoms with E-state index in [1.165, 1.54) is 0 Å². The van der Waals surface area contributed by atoms with Crippen molar-refractivity contribution in [3.63, 3.8) is 0 Å². The standard InChI is InChI=1S/C16H25N3O2/c1-13-10-19(9-8-17-13)11-14-6-4-5-7-15(14)21-12-16(20)18(2)3/h4-7,13,17H,8-12H2,1-3H3/t13-/m0/s1. The number of nitrogens with zero attached hydrogens (tertiary/aromatic N) is 2. The van der Waals surface area contributed by atoms with Gasteiger partial charge in [-0.15, -0.1) is 0 Å². The number of hydrogen-bond donors (Lipinski definition) is 1. The maximum atomic E-state index is 11.6. The minimum absolute atomic E-state index is 0.0272. The van der Waals surface area contributed by atoms with Crippen LogP contribution in [-0.2, 0) is 11.3 Å². The van der Waals surface area contributed by atoms with Crippen molar-refractivity contribution in [1.82, 2.24) is 15.1 Å². The SMILES string of the molecule is C[C@H]1CN(Cc2ccccc2OCC(=O)N(C)C)CCN1. The quantitative estimate of drug-likeness (QED) is 0.877. The molecule has 1 aromatic carbocycles. The molecule has 0 unspecified atom stereocenters. The van der Waals surface area contributed by atoms with Gasteiger partial charge in [-0.1, -0.05) is 18.2 Å². The monoisotopic (exact) mass is 291 g/mol. The molecule has 0 saturated carbocycles. The van der Waals surface area contributed by atoms with E-state index >= 15 is 0 Å². The number of amides is 1. The largest absolute Gasteiger partial charge is 0.483 e. The number of rotatable bonds is 5. The van der Waals surface area contributed by atoms with Gasteiger partial charge in [-0.3, -0.25) is 9.69 Å². The fraction of sp³-hybridized carbons (Fsp3) is 0.562. The summed E-state index contributed by atoms with van der Waals surface area (Å²) in [6, 6.07) is 8.48. The first kappa shape index (κ1) is 15.8. The maximum Gasteiger partial charge on any atom is 0.259 e. The Bertz CT molecular complexity index is 476. The molecule has 2 rings (SSSR count). The van der Waals surface area contributed by atoms with Crippen LogP contribution in [0.1, 0.15) is 12.5 Å². The van der Waals surface area contributed by atoms with Crippen molar-refractivity contribution >= 4 is 5.91 Å². The molecule has 1 aromatic rings. The Morgan fingerprint density at radius 2 is 2.19 bits per heavy atom. The predicted molar refractivity (Wildman–Crippen MR) is 83.4 cm³/mol. The van der Waals surface area contributed by atoms with Crippen LogP contribution in [0.15, 0.2) is 24.3 Å². The molecular weight excluding hydrogens is 266 g/mol. The maximum absolute atomic E-state index is 11.6. The lowest BCUT2D eigenvalue weighted by Crippen LogP contribution is -2.48. The van der Waals surface area contributed by atoms with E-state index in [2.05, 4.69) is 23.2 Å². The molecule has 0 radical (unpaired) electrons. The summed E-state index contributed by atoms with van der Waals surface area (Å²) in [5.41, 5.74) is 1.14. The highest BCUT2D eigenvalue weighted by atomic mass is 16.5. The molecule has 1 aliphatic rings. The minimum Gasteiger partial charge on any atom is -0.483 e. The first-order valence-corrected chi connectivity index (χ1v) is 7.43. The molecule has 5 nitrogen and oxygen atoms in total. The highest BCUT2D eigenvalue weighted by molar-refractivity contribution is 5.77. The number of ether oxygens (including phenoxy) is 1. The fourth-order valence-electron chi connectivity index (χ4n) is 2.44. The van der Waals surface area contributed by atoms with Gasteiger partial charge in [0.25, 0.3) is 5.91 Å². The van der Waals surface area contributed by atoms with Crippen LogP contribution in [0.25, 0.3) is 0 Å². The lowest BCUT2D eigenvalue weighted by atomic mass is 10.1. The van der Waals surface area contributed by atoms with E-state index in [4.69, 9.17) is 4.74 Å². The molecule has 1 N–H and O–H groups in total. The van der Waals surface area contributed by atoms with Crippen LogP contribution in [0.3, 0.4) is 0 Å². The van der Waals surface area contributed by atoms with Gasteiger partial charge in [0.1, 0.15) is 5.75 Å². The molecular formula is C16H25N3O2. The van der Waals surface area contributed by atoms with Crippen LogP contribution in [0.2, 0.25) is 0 Å². The van der Waals surface area contributed by atoms with Gasteiger partial charge in [-0.05, 0) is 13.0 Å². The first-order valence-electron chi connectivity index (χ1n) is 7.43. The van der Waals surface area contributed by atoms with Crippen LogP contribution in [0.4, 0.5) is 0 Å². The summed E-state index contributed by atoms with van der Waals surface area (Å²) in [4.78, 5) is 15.6. The Kier molecular flexibility index (Phi) is 5.59. The van der Waals surface area contributed by atoms with Gasteiger partial charge in [0.15, 0.2) is 6.61 Å². The van der Waals surface area contributed by atoms with Gasteiger partial charge < -0.3 is 15.0 Å².